The lowest BCUT2D eigenvalue weighted by Crippen LogP contribution is -2.51. The van der Waals surface area contributed by atoms with Crippen LogP contribution in [0, 0.1) is 3.57 Å². The molecule has 2 N–H and O–H groups in total. The third-order valence-corrected chi connectivity index (χ3v) is 4.50. The number of carbonyl (C=O) groups is 1. The number of fused-ring (bicyclic) bond motifs is 1. The second kappa shape index (κ2) is 4.60. The SMILES string of the molecule is Nc1cc(I)ccc1N1CCN2C(=O)CCC2C1. The van der Waals surface area contributed by atoms with E-state index >= 15 is 0 Å². The topological polar surface area (TPSA) is 49.6 Å². The van der Waals surface area contributed by atoms with Crippen LogP contribution in [0.25, 0.3) is 0 Å². The van der Waals surface area contributed by atoms with E-state index < -0.39 is 0 Å². The highest BCUT2D eigenvalue weighted by Gasteiger charge is 2.35. The molecule has 18 heavy (non-hydrogen) atoms. The Morgan fingerprint density at radius 3 is 2.94 bits per heavy atom. The summed E-state index contributed by atoms with van der Waals surface area (Å²) < 4.78 is 1.16. The van der Waals surface area contributed by atoms with E-state index in [4.69, 9.17) is 5.73 Å². The highest BCUT2D eigenvalue weighted by Crippen LogP contribution is 2.30. The summed E-state index contributed by atoms with van der Waals surface area (Å²) in [6, 6.07) is 6.55. The van der Waals surface area contributed by atoms with Crippen molar-refractivity contribution in [1.82, 2.24) is 4.90 Å². The van der Waals surface area contributed by atoms with Gasteiger partial charge in [-0.3, -0.25) is 4.79 Å². The third-order valence-electron chi connectivity index (χ3n) is 3.82. The Kier molecular flexibility index (Phi) is 3.09. The summed E-state index contributed by atoms with van der Waals surface area (Å²) >= 11 is 2.27. The summed E-state index contributed by atoms with van der Waals surface area (Å²) in [5, 5.41) is 0. The second-order valence-corrected chi connectivity index (χ2v) is 6.17. The number of nitrogens with zero attached hydrogens (tertiary/aromatic N) is 2. The molecular formula is C13H16IN3O. The van der Waals surface area contributed by atoms with Gasteiger partial charge in [-0.25, -0.2) is 0 Å². The van der Waals surface area contributed by atoms with Crippen molar-refractivity contribution in [2.45, 2.75) is 18.9 Å². The number of amides is 1. The number of hydrogen-bond donors (Lipinski definition) is 1. The Morgan fingerprint density at radius 1 is 1.33 bits per heavy atom. The molecule has 0 saturated carbocycles. The normalized spacial score (nSPS) is 23.4. The minimum Gasteiger partial charge on any atom is -0.397 e. The summed E-state index contributed by atoms with van der Waals surface area (Å²) in [7, 11) is 0. The van der Waals surface area contributed by atoms with Gasteiger partial charge < -0.3 is 15.5 Å². The molecule has 4 nitrogen and oxygen atoms in total. The lowest BCUT2D eigenvalue weighted by Gasteiger charge is -2.39. The molecule has 0 aliphatic carbocycles. The molecule has 1 unspecified atom stereocenters. The van der Waals surface area contributed by atoms with Crippen LogP contribution in [0.1, 0.15) is 12.8 Å². The fourth-order valence-corrected chi connectivity index (χ4v) is 3.41. The maximum absolute atomic E-state index is 11.6. The molecule has 2 heterocycles. The number of halogens is 1. The van der Waals surface area contributed by atoms with Gasteiger partial charge in [0, 0.05) is 35.7 Å². The van der Waals surface area contributed by atoms with Crippen LogP contribution >= 0.6 is 22.6 Å². The van der Waals surface area contributed by atoms with Crippen molar-refractivity contribution in [2.75, 3.05) is 30.3 Å². The number of piperazine rings is 1. The Morgan fingerprint density at radius 2 is 2.17 bits per heavy atom. The molecule has 5 heteroatoms. The summed E-state index contributed by atoms with van der Waals surface area (Å²) in [5.74, 6) is 0.315. The molecule has 1 aromatic carbocycles. The molecule has 2 aliphatic rings. The molecule has 2 fully saturated rings. The first kappa shape index (κ1) is 12.1. The van der Waals surface area contributed by atoms with Crippen molar-refractivity contribution < 1.29 is 4.79 Å². The number of nitrogen functional groups attached to an aromatic ring is 1. The van der Waals surface area contributed by atoms with E-state index in [9.17, 15) is 4.79 Å². The van der Waals surface area contributed by atoms with Crippen molar-refractivity contribution in [2.24, 2.45) is 0 Å². The number of anilines is 2. The van der Waals surface area contributed by atoms with Gasteiger partial charge in [0.15, 0.2) is 0 Å². The maximum Gasteiger partial charge on any atom is 0.223 e. The van der Waals surface area contributed by atoms with Crippen molar-refractivity contribution in [3.05, 3.63) is 21.8 Å². The predicted molar refractivity (Wildman–Crippen MR) is 80.5 cm³/mol. The zero-order chi connectivity index (χ0) is 12.7. The van der Waals surface area contributed by atoms with Gasteiger partial charge in [0.1, 0.15) is 0 Å². The van der Waals surface area contributed by atoms with Gasteiger partial charge in [-0.05, 0) is 47.2 Å². The fourth-order valence-electron chi connectivity index (χ4n) is 2.90. The number of benzene rings is 1. The van der Waals surface area contributed by atoms with Crippen LogP contribution in [0.4, 0.5) is 11.4 Å². The number of hydrogen-bond acceptors (Lipinski definition) is 3. The van der Waals surface area contributed by atoms with Crippen LogP contribution in [-0.4, -0.2) is 36.5 Å². The summed E-state index contributed by atoms with van der Waals surface area (Å²) in [6.45, 7) is 2.62. The molecular weight excluding hydrogens is 341 g/mol. The third kappa shape index (κ3) is 2.04. The van der Waals surface area contributed by atoms with E-state index in [-0.39, 0.29) is 0 Å². The van der Waals surface area contributed by atoms with Gasteiger partial charge in [-0.2, -0.15) is 0 Å². The van der Waals surface area contributed by atoms with Crippen LogP contribution in [0.3, 0.4) is 0 Å². The molecule has 0 spiro atoms. The summed E-state index contributed by atoms with van der Waals surface area (Å²) in [5.41, 5.74) is 8.03. The molecule has 96 valence electrons. The molecule has 0 radical (unpaired) electrons. The summed E-state index contributed by atoms with van der Waals surface area (Å²) in [6.07, 6.45) is 1.69. The van der Waals surface area contributed by atoms with Crippen molar-refractivity contribution in [1.29, 1.82) is 0 Å². The minimum atomic E-state index is 0.315. The number of nitrogens with two attached hydrogens (primary N) is 1. The lowest BCUT2D eigenvalue weighted by molar-refractivity contribution is -0.129. The quantitative estimate of drug-likeness (QED) is 0.615. The zero-order valence-electron chi connectivity index (χ0n) is 10.1. The average Bonchev–Trinajstić information content (AvgIpc) is 2.71. The van der Waals surface area contributed by atoms with Crippen LogP contribution in [0.2, 0.25) is 0 Å². The minimum absolute atomic E-state index is 0.315. The van der Waals surface area contributed by atoms with E-state index in [2.05, 4.69) is 39.6 Å². The molecule has 0 aromatic heterocycles. The Labute approximate surface area is 120 Å². The molecule has 1 amide bonds. The van der Waals surface area contributed by atoms with E-state index in [1.807, 2.05) is 11.0 Å². The van der Waals surface area contributed by atoms with E-state index in [1.165, 1.54) is 0 Å². The zero-order valence-corrected chi connectivity index (χ0v) is 12.3. The van der Waals surface area contributed by atoms with Gasteiger partial charge in [-0.15, -0.1) is 0 Å². The first-order chi connectivity index (χ1) is 8.65. The highest BCUT2D eigenvalue weighted by molar-refractivity contribution is 14.1. The van der Waals surface area contributed by atoms with Crippen LogP contribution in [-0.2, 0) is 4.79 Å². The lowest BCUT2D eigenvalue weighted by atomic mass is 10.1. The van der Waals surface area contributed by atoms with E-state index in [0.717, 1.165) is 41.0 Å². The second-order valence-electron chi connectivity index (χ2n) is 4.93. The maximum atomic E-state index is 11.6. The predicted octanol–water partition coefficient (Wildman–Crippen LogP) is 1.68. The molecule has 2 saturated heterocycles. The van der Waals surface area contributed by atoms with Crippen molar-refractivity contribution in [3.8, 4) is 0 Å². The van der Waals surface area contributed by atoms with Crippen molar-refractivity contribution >= 4 is 39.9 Å². The van der Waals surface area contributed by atoms with E-state index in [1.54, 1.807) is 0 Å². The Hall–Kier alpha value is -0.980. The molecule has 0 bridgehead atoms. The number of carbonyl (C=O) groups excluding carboxylic acids is 1. The standard InChI is InChI=1S/C13H16IN3O/c14-9-1-3-12(11(15)7-9)16-5-6-17-10(8-16)2-4-13(17)18/h1,3,7,10H,2,4-6,8,15H2. The van der Waals surface area contributed by atoms with Crippen molar-refractivity contribution in [3.63, 3.8) is 0 Å². The van der Waals surface area contributed by atoms with Gasteiger partial charge in [0.05, 0.1) is 11.4 Å². The Bertz CT molecular complexity index is 491. The molecule has 1 aromatic rings. The molecule has 2 aliphatic heterocycles. The highest BCUT2D eigenvalue weighted by atomic mass is 127. The molecule has 3 rings (SSSR count). The first-order valence-electron chi connectivity index (χ1n) is 6.24. The monoisotopic (exact) mass is 357 g/mol. The van der Waals surface area contributed by atoms with Gasteiger partial charge >= 0.3 is 0 Å². The number of rotatable bonds is 1. The van der Waals surface area contributed by atoms with Gasteiger partial charge in [-0.1, -0.05) is 0 Å². The van der Waals surface area contributed by atoms with E-state index in [0.29, 0.717) is 18.4 Å². The molecule has 1 atom stereocenters. The average molecular weight is 357 g/mol. The summed E-state index contributed by atoms with van der Waals surface area (Å²) in [4.78, 5) is 16.0. The fraction of sp³-hybridized carbons (Fsp3) is 0.462. The first-order valence-corrected chi connectivity index (χ1v) is 7.32. The largest absolute Gasteiger partial charge is 0.397 e. The van der Waals surface area contributed by atoms with Crippen LogP contribution < -0.4 is 10.6 Å². The smallest absolute Gasteiger partial charge is 0.223 e. The van der Waals surface area contributed by atoms with Crippen LogP contribution in [0.15, 0.2) is 18.2 Å². The van der Waals surface area contributed by atoms with Gasteiger partial charge in [0.2, 0.25) is 5.91 Å². The van der Waals surface area contributed by atoms with Gasteiger partial charge in [0.25, 0.3) is 0 Å². The van der Waals surface area contributed by atoms with Crippen LogP contribution in [0.5, 0.6) is 0 Å². The Balaban J connectivity index is 1.80.